The topological polar surface area (TPSA) is 88.5 Å². The average molecular weight is 381 g/mol. The van der Waals surface area contributed by atoms with Crippen LogP contribution in [0.2, 0.25) is 5.02 Å². The van der Waals surface area contributed by atoms with Gasteiger partial charge in [0.25, 0.3) is 5.91 Å². The molecule has 1 aliphatic carbocycles. The Bertz CT molecular complexity index is 784. The summed E-state index contributed by atoms with van der Waals surface area (Å²) in [6.45, 7) is 2.04. The van der Waals surface area contributed by atoms with Crippen molar-refractivity contribution in [3.8, 4) is 5.75 Å². The molecule has 1 heterocycles. The Morgan fingerprint density at radius 2 is 2.04 bits per heavy atom. The summed E-state index contributed by atoms with van der Waals surface area (Å²) in [7, 11) is 0. The smallest absolute Gasteiger partial charge is 0.306 e. The molecule has 0 bridgehead atoms. The Hall–Kier alpha value is -2.12. The molecule has 0 unspecified atom stereocenters. The summed E-state index contributed by atoms with van der Waals surface area (Å²) < 4.78 is 5.64. The first kappa shape index (κ1) is 17.7. The number of nitrogens with zero attached hydrogens (tertiary/aromatic N) is 1. The molecule has 0 radical (unpaired) electrons. The predicted molar refractivity (Wildman–Crippen MR) is 94.2 cm³/mol. The van der Waals surface area contributed by atoms with Crippen molar-refractivity contribution in [3.63, 3.8) is 0 Å². The van der Waals surface area contributed by atoms with Gasteiger partial charge >= 0.3 is 5.97 Å². The van der Waals surface area contributed by atoms with E-state index in [0.717, 1.165) is 0 Å². The number of amides is 1. The lowest BCUT2D eigenvalue weighted by Crippen LogP contribution is -2.46. The molecule has 6 nitrogen and oxygen atoms in total. The monoisotopic (exact) mass is 380 g/mol. The number of hydrogen-bond acceptors (Lipinski definition) is 5. The van der Waals surface area contributed by atoms with E-state index in [0.29, 0.717) is 39.2 Å². The van der Waals surface area contributed by atoms with Crippen LogP contribution in [0.25, 0.3) is 0 Å². The minimum Gasteiger partial charge on any atom is -0.486 e. The van der Waals surface area contributed by atoms with E-state index in [1.165, 1.54) is 11.3 Å². The van der Waals surface area contributed by atoms with Crippen LogP contribution in [0.5, 0.6) is 5.75 Å². The van der Waals surface area contributed by atoms with Crippen LogP contribution in [-0.4, -0.2) is 28.0 Å². The number of halogens is 1. The zero-order chi connectivity index (χ0) is 18.0. The van der Waals surface area contributed by atoms with Crippen molar-refractivity contribution < 1.29 is 19.4 Å². The van der Waals surface area contributed by atoms with Gasteiger partial charge in [-0.25, -0.2) is 4.98 Å². The number of carboxylic acids is 1. The van der Waals surface area contributed by atoms with Gasteiger partial charge in [0.1, 0.15) is 22.2 Å². The van der Waals surface area contributed by atoms with Gasteiger partial charge in [0.15, 0.2) is 0 Å². The molecule has 1 saturated carbocycles. The Morgan fingerprint density at radius 3 is 2.68 bits per heavy atom. The van der Waals surface area contributed by atoms with E-state index in [4.69, 9.17) is 21.4 Å². The zero-order valence-corrected chi connectivity index (χ0v) is 15.1. The number of ether oxygens (including phenoxy) is 1. The summed E-state index contributed by atoms with van der Waals surface area (Å²) in [4.78, 5) is 28.0. The summed E-state index contributed by atoms with van der Waals surface area (Å²) in [5.41, 5.74) is 0.645. The van der Waals surface area contributed by atoms with E-state index in [1.54, 1.807) is 31.2 Å². The van der Waals surface area contributed by atoms with Crippen molar-refractivity contribution in [1.29, 1.82) is 0 Å². The minimum absolute atomic E-state index is 0.0798. The summed E-state index contributed by atoms with van der Waals surface area (Å²) in [6.07, 6.45) is 0.955. The fourth-order valence-corrected chi connectivity index (χ4v) is 3.60. The van der Waals surface area contributed by atoms with Gasteiger partial charge in [-0.3, -0.25) is 9.59 Å². The highest BCUT2D eigenvalue weighted by molar-refractivity contribution is 7.13. The molecule has 3 rings (SSSR count). The van der Waals surface area contributed by atoms with E-state index in [-0.39, 0.29) is 24.5 Å². The molecule has 0 spiro atoms. The summed E-state index contributed by atoms with van der Waals surface area (Å²) in [5.74, 6) is -0.684. The van der Waals surface area contributed by atoms with Gasteiger partial charge in [-0.05, 0) is 44.0 Å². The van der Waals surface area contributed by atoms with Gasteiger partial charge in [-0.2, -0.15) is 0 Å². The van der Waals surface area contributed by atoms with Crippen LogP contribution in [-0.2, 0) is 11.4 Å². The van der Waals surface area contributed by atoms with Crippen LogP contribution in [0.3, 0.4) is 0 Å². The number of aryl methyl sites for hydroxylation is 1. The lowest BCUT2D eigenvalue weighted by atomic mass is 9.80. The molecular weight excluding hydrogens is 364 g/mol. The second kappa shape index (κ2) is 7.41. The van der Waals surface area contributed by atoms with Crippen LogP contribution in [0.15, 0.2) is 24.3 Å². The fraction of sp³-hybridized carbons (Fsp3) is 0.353. The van der Waals surface area contributed by atoms with E-state index in [2.05, 4.69) is 10.3 Å². The number of aromatic nitrogens is 1. The van der Waals surface area contributed by atoms with E-state index < -0.39 is 5.97 Å². The number of rotatable bonds is 6. The van der Waals surface area contributed by atoms with Gasteiger partial charge in [0.05, 0.1) is 11.6 Å². The standard InChI is InChI=1S/C17H17ClN2O4S/c1-9-15(16(21)20-12-6-10(7-12)17(22)23)25-14(19-9)8-24-13-4-2-11(18)3-5-13/h2-5,10,12H,6-8H2,1H3,(H,20,21)(H,22,23). The van der Waals surface area contributed by atoms with Gasteiger partial charge in [0, 0.05) is 11.1 Å². The first-order valence-corrected chi connectivity index (χ1v) is 9.00. The van der Waals surface area contributed by atoms with Crippen molar-refractivity contribution in [1.82, 2.24) is 10.3 Å². The number of carboxylic acid groups (broad SMARTS) is 1. The Kier molecular flexibility index (Phi) is 5.24. The third-order valence-electron chi connectivity index (χ3n) is 4.05. The molecule has 1 aliphatic rings. The number of carbonyl (C=O) groups excluding carboxylic acids is 1. The number of carbonyl (C=O) groups is 2. The summed E-state index contributed by atoms with van der Waals surface area (Å²) in [6, 6.07) is 6.94. The van der Waals surface area contributed by atoms with Crippen LogP contribution in [0, 0.1) is 12.8 Å². The van der Waals surface area contributed by atoms with Crippen molar-refractivity contribution >= 4 is 34.8 Å². The second-order valence-electron chi connectivity index (χ2n) is 5.94. The van der Waals surface area contributed by atoms with Gasteiger partial charge in [-0.15, -0.1) is 11.3 Å². The molecule has 8 heteroatoms. The third-order valence-corrected chi connectivity index (χ3v) is 5.43. The summed E-state index contributed by atoms with van der Waals surface area (Å²) >= 11 is 7.11. The molecule has 1 aromatic carbocycles. The first-order chi connectivity index (χ1) is 11.9. The fourth-order valence-electron chi connectivity index (χ4n) is 2.59. The number of aliphatic carboxylic acids is 1. The number of benzene rings is 1. The maximum absolute atomic E-state index is 12.3. The van der Waals surface area contributed by atoms with E-state index >= 15 is 0 Å². The van der Waals surface area contributed by atoms with Gasteiger partial charge in [0.2, 0.25) is 0 Å². The van der Waals surface area contributed by atoms with Crippen LogP contribution in [0.1, 0.15) is 33.2 Å². The zero-order valence-electron chi connectivity index (χ0n) is 13.5. The predicted octanol–water partition coefficient (Wildman–Crippen LogP) is 3.28. The molecule has 1 amide bonds. The normalized spacial score (nSPS) is 19.1. The third kappa shape index (κ3) is 4.29. The lowest BCUT2D eigenvalue weighted by Gasteiger charge is -2.32. The molecule has 0 aliphatic heterocycles. The Balaban J connectivity index is 1.55. The second-order valence-corrected chi connectivity index (χ2v) is 7.46. The van der Waals surface area contributed by atoms with E-state index in [9.17, 15) is 9.59 Å². The first-order valence-electron chi connectivity index (χ1n) is 7.80. The van der Waals surface area contributed by atoms with Crippen molar-refractivity contribution in [2.45, 2.75) is 32.4 Å². The van der Waals surface area contributed by atoms with Crippen LogP contribution in [0.4, 0.5) is 0 Å². The largest absolute Gasteiger partial charge is 0.486 e. The molecular formula is C17H17ClN2O4S. The molecule has 25 heavy (non-hydrogen) atoms. The highest BCUT2D eigenvalue weighted by atomic mass is 35.5. The Labute approximate surface area is 153 Å². The van der Waals surface area contributed by atoms with Crippen LogP contribution < -0.4 is 10.1 Å². The van der Waals surface area contributed by atoms with Crippen molar-refractivity contribution in [3.05, 3.63) is 44.9 Å². The van der Waals surface area contributed by atoms with Crippen molar-refractivity contribution in [2.75, 3.05) is 0 Å². The number of hydrogen-bond donors (Lipinski definition) is 2. The molecule has 1 aromatic heterocycles. The SMILES string of the molecule is Cc1nc(COc2ccc(Cl)cc2)sc1C(=O)NC1CC(C(=O)O)C1. The molecule has 0 saturated heterocycles. The maximum Gasteiger partial charge on any atom is 0.306 e. The summed E-state index contributed by atoms with van der Waals surface area (Å²) in [5, 5.41) is 13.1. The molecule has 1 fully saturated rings. The van der Waals surface area contributed by atoms with E-state index in [1.807, 2.05) is 0 Å². The highest BCUT2D eigenvalue weighted by Gasteiger charge is 2.35. The molecule has 0 atom stereocenters. The lowest BCUT2D eigenvalue weighted by molar-refractivity contribution is -0.145. The Morgan fingerprint density at radius 1 is 1.36 bits per heavy atom. The quantitative estimate of drug-likeness (QED) is 0.802. The molecule has 2 N–H and O–H groups in total. The number of thiazole rings is 1. The van der Waals surface area contributed by atoms with Crippen LogP contribution >= 0.6 is 22.9 Å². The number of nitrogens with one attached hydrogen (secondary N) is 1. The molecule has 2 aromatic rings. The van der Waals surface area contributed by atoms with Crippen molar-refractivity contribution in [2.24, 2.45) is 5.92 Å². The van der Waals surface area contributed by atoms with Gasteiger partial charge in [-0.1, -0.05) is 11.6 Å². The molecule has 132 valence electrons. The average Bonchev–Trinajstić information content (AvgIpc) is 2.90. The minimum atomic E-state index is -0.805. The highest BCUT2D eigenvalue weighted by Crippen LogP contribution is 2.28. The van der Waals surface area contributed by atoms with Gasteiger partial charge < -0.3 is 15.2 Å². The maximum atomic E-state index is 12.3.